The molecule has 150 valence electrons. The summed E-state index contributed by atoms with van der Waals surface area (Å²) in [5.74, 6) is 1.68. The zero-order valence-corrected chi connectivity index (χ0v) is 16.6. The Bertz CT molecular complexity index is 960. The standard InChI is InChI=1S/C23H24N2O4/c1-27-19-11-7-10-17(14-19)25-23(26)22(16-8-5-4-6-9-16)24-18-12-13-20(28-2)21(15-18)29-3/h4-15,22,24H,1-3H3,(H,25,26)/t22-/m0/s1. The van der Waals surface area contributed by atoms with Gasteiger partial charge >= 0.3 is 0 Å². The first-order chi connectivity index (χ1) is 14.1. The average molecular weight is 392 g/mol. The van der Waals surface area contributed by atoms with Gasteiger partial charge in [0.2, 0.25) is 0 Å². The maximum Gasteiger partial charge on any atom is 0.251 e. The molecule has 1 atom stereocenters. The molecule has 0 saturated heterocycles. The lowest BCUT2D eigenvalue weighted by Gasteiger charge is -2.21. The molecule has 0 spiro atoms. The van der Waals surface area contributed by atoms with Crippen LogP contribution in [0, 0.1) is 0 Å². The Balaban J connectivity index is 1.88. The third kappa shape index (κ3) is 4.99. The molecule has 1 amide bonds. The van der Waals surface area contributed by atoms with Crippen LogP contribution in [0.5, 0.6) is 17.2 Å². The van der Waals surface area contributed by atoms with Crippen molar-refractivity contribution in [3.8, 4) is 17.2 Å². The quantitative estimate of drug-likeness (QED) is 0.591. The number of carbonyl (C=O) groups is 1. The first-order valence-electron chi connectivity index (χ1n) is 9.13. The largest absolute Gasteiger partial charge is 0.497 e. The van der Waals surface area contributed by atoms with Gasteiger partial charge in [-0.2, -0.15) is 0 Å². The molecule has 3 aromatic carbocycles. The number of amides is 1. The maximum absolute atomic E-state index is 13.1. The second-order valence-corrected chi connectivity index (χ2v) is 6.28. The van der Waals surface area contributed by atoms with Crippen LogP contribution < -0.4 is 24.8 Å². The molecular formula is C23H24N2O4. The highest BCUT2D eigenvalue weighted by atomic mass is 16.5. The Hall–Kier alpha value is -3.67. The van der Waals surface area contributed by atoms with Gasteiger partial charge < -0.3 is 24.8 Å². The summed E-state index contributed by atoms with van der Waals surface area (Å²) in [5, 5.41) is 6.24. The summed E-state index contributed by atoms with van der Waals surface area (Å²) in [5.41, 5.74) is 2.23. The molecule has 0 aliphatic carbocycles. The van der Waals surface area contributed by atoms with E-state index in [-0.39, 0.29) is 5.91 Å². The molecule has 0 aliphatic rings. The molecule has 0 unspecified atom stereocenters. The second-order valence-electron chi connectivity index (χ2n) is 6.28. The highest BCUT2D eigenvalue weighted by molar-refractivity contribution is 5.97. The summed E-state index contributed by atoms with van der Waals surface area (Å²) in [6, 6.07) is 21.6. The molecule has 3 rings (SSSR count). The van der Waals surface area contributed by atoms with Crippen molar-refractivity contribution < 1.29 is 19.0 Å². The molecule has 0 fully saturated rings. The van der Waals surface area contributed by atoms with E-state index >= 15 is 0 Å². The van der Waals surface area contributed by atoms with Crippen LogP contribution in [-0.2, 0) is 4.79 Å². The van der Waals surface area contributed by atoms with Crippen LogP contribution in [0.1, 0.15) is 11.6 Å². The van der Waals surface area contributed by atoms with Gasteiger partial charge in [-0.05, 0) is 29.8 Å². The summed E-state index contributed by atoms with van der Waals surface area (Å²) < 4.78 is 15.9. The third-order valence-electron chi connectivity index (χ3n) is 4.43. The predicted octanol–water partition coefficient (Wildman–Crippen LogP) is 4.50. The minimum absolute atomic E-state index is 0.195. The first kappa shape index (κ1) is 20.1. The van der Waals surface area contributed by atoms with Crippen molar-refractivity contribution in [3.05, 3.63) is 78.4 Å². The van der Waals surface area contributed by atoms with E-state index in [4.69, 9.17) is 14.2 Å². The Morgan fingerprint density at radius 3 is 2.21 bits per heavy atom. The van der Waals surface area contributed by atoms with Gasteiger partial charge in [0, 0.05) is 23.5 Å². The zero-order chi connectivity index (χ0) is 20.6. The third-order valence-corrected chi connectivity index (χ3v) is 4.43. The van der Waals surface area contributed by atoms with Crippen molar-refractivity contribution in [2.75, 3.05) is 32.0 Å². The van der Waals surface area contributed by atoms with Crippen molar-refractivity contribution in [1.29, 1.82) is 0 Å². The van der Waals surface area contributed by atoms with Crippen molar-refractivity contribution in [2.45, 2.75) is 6.04 Å². The lowest BCUT2D eigenvalue weighted by molar-refractivity contribution is -0.117. The number of benzene rings is 3. The SMILES string of the molecule is COc1cccc(NC(=O)[C@@H](Nc2ccc(OC)c(OC)c2)c2ccccc2)c1. The fraction of sp³-hybridized carbons (Fsp3) is 0.174. The number of nitrogens with one attached hydrogen (secondary N) is 2. The van der Waals surface area contributed by atoms with Crippen molar-refractivity contribution in [3.63, 3.8) is 0 Å². The lowest BCUT2D eigenvalue weighted by Crippen LogP contribution is -2.27. The van der Waals surface area contributed by atoms with Crippen LogP contribution in [0.4, 0.5) is 11.4 Å². The Kier molecular flexibility index (Phi) is 6.58. The predicted molar refractivity (Wildman–Crippen MR) is 114 cm³/mol. The van der Waals surface area contributed by atoms with Crippen molar-refractivity contribution in [1.82, 2.24) is 0 Å². The van der Waals surface area contributed by atoms with Crippen LogP contribution in [-0.4, -0.2) is 27.2 Å². The fourth-order valence-electron chi connectivity index (χ4n) is 2.95. The first-order valence-corrected chi connectivity index (χ1v) is 9.13. The summed E-state index contributed by atoms with van der Waals surface area (Å²) in [4.78, 5) is 13.1. The summed E-state index contributed by atoms with van der Waals surface area (Å²) in [7, 11) is 4.75. The molecule has 6 nitrogen and oxygen atoms in total. The van der Waals surface area contributed by atoms with E-state index in [1.165, 1.54) is 0 Å². The molecule has 29 heavy (non-hydrogen) atoms. The van der Waals surface area contributed by atoms with E-state index < -0.39 is 6.04 Å². The van der Waals surface area contributed by atoms with E-state index in [1.54, 1.807) is 39.5 Å². The molecule has 0 radical (unpaired) electrons. The Morgan fingerprint density at radius 1 is 0.759 bits per heavy atom. The number of hydrogen-bond donors (Lipinski definition) is 2. The highest BCUT2D eigenvalue weighted by Crippen LogP contribution is 2.32. The van der Waals surface area contributed by atoms with E-state index in [1.807, 2.05) is 54.6 Å². The van der Waals surface area contributed by atoms with E-state index in [9.17, 15) is 4.79 Å². The Labute approximate surface area is 170 Å². The summed E-state index contributed by atoms with van der Waals surface area (Å²) in [6.07, 6.45) is 0. The van der Waals surface area contributed by atoms with Gasteiger partial charge in [-0.25, -0.2) is 0 Å². The summed E-state index contributed by atoms with van der Waals surface area (Å²) in [6.45, 7) is 0. The van der Waals surface area contributed by atoms with Gasteiger partial charge in [0.05, 0.1) is 21.3 Å². The monoisotopic (exact) mass is 392 g/mol. The topological polar surface area (TPSA) is 68.8 Å². The van der Waals surface area contributed by atoms with E-state index in [2.05, 4.69) is 10.6 Å². The second kappa shape index (κ2) is 9.50. The van der Waals surface area contributed by atoms with Crippen molar-refractivity contribution in [2.24, 2.45) is 0 Å². The average Bonchev–Trinajstić information content (AvgIpc) is 2.77. The van der Waals surface area contributed by atoms with Gasteiger partial charge in [-0.1, -0.05) is 36.4 Å². The van der Waals surface area contributed by atoms with Gasteiger partial charge in [-0.3, -0.25) is 4.79 Å². The number of anilines is 2. The molecule has 0 aromatic heterocycles. The number of hydrogen-bond acceptors (Lipinski definition) is 5. The molecular weight excluding hydrogens is 368 g/mol. The Morgan fingerprint density at radius 2 is 1.52 bits per heavy atom. The molecule has 0 saturated carbocycles. The van der Waals surface area contributed by atoms with Crippen LogP contribution in [0.25, 0.3) is 0 Å². The number of methoxy groups -OCH3 is 3. The minimum Gasteiger partial charge on any atom is -0.497 e. The number of ether oxygens (including phenoxy) is 3. The van der Waals surface area contributed by atoms with E-state index in [0.29, 0.717) is 22.9 Å². The van der Waals surface area contributed by atoms with Crippen LogP contribution in [0.3, 0.4) is 0 Å². The van der Waals surface area contributed by atoms with Crippen molar-refractivity contribution >= 4 is 17.3 Å². The highest BCUT2D eigenvalue weighted by Gasteiger charge is 2.21. The lowest BCUT2D eigenvalue weighted by atomic mass is 10.1. The zero-order valence-electron chi connectivity index (χ0n) is 16.6. The van der Waals surface area contributed by atoms with Crippen LogP contribution in [0.15, 0.2) is 72.8 Å². The van der Waals surface area contributed by atoms with Gasteiger partial charge in [0.1, 0.15) is 11.8 Å². The van der Waals surface area contributed by atoms with Crippen LogP contribution in [0.2, 0.25) is 0 Å². The van der Waals surface area contributed by atoms with Crippen LogP contribution >= 0.6 is 0 Å². The smallest absolute Gasteiger partial charge is 0.251 e. The maximum atomic E-state index is 13.1. The molecule has 2 N–H and O–H groups in total. The fourth-order valence-corrected chi connectivity index (χ4v) is 2.95. The van der Waals surface area contributed by atoms with Gasteiger partial charge in [-0.15, -0.1) is 0 Å². The minimum atomic E-state index is -0.611. The number of rotatable bonds is 8. The molecule has 6 heteroatoms. The van der Waals surface area contributed by atoms with E-state index in [0.717, 1.165) is 11.3 Å². The van der Waals surface area contributed by atoms with Gasteiger partial charge in [0.15, 0.2) is 11.5 Å². The summed E-state index contributed by atoms with van der Waals surface area (Å²) >= 11 is 0. The molecule has 0 bridgehead atoms. The molecule has 0 aliphatic heterocycles. The normalized spacial score (nSPS) is 11.3. The van der Waals surface area contributed by atoms with Gasteiger partial charge in [0.25, 0.3) is 5.91 Å². The number of carbonyl (C=O) groups excluding carboxylic acids is 1. The molecule has 3 aromatic rings. The molecule has 0 heterocycles.